The second kappa shape index (κ2) is 7.55. The SMILES string of the molecule is CCOC(=O)C1(C(=O)OC)C=Cc2c(sc3ccc(C(=O)OC)cc3c2=O)C1. The van der Waals surface area contributed by atoms with Gasteiger partial charge < -0.3 is 14.2 Å². The first-order valence-electron chi connectivity index (χ1n) is 8.51. The molecule has 1 aliphatic carbocycles. The predicted molar refractivity (Wildman–Crippen MR) is 103 cm³/mol. The maximum Gasteiger partial charge on any atom is 0.337 e. The Morgan fingerprint density at radius 2 is 1.89 bits per heavy atom. The lowest BCUT2D eigenvalue weighted by Crippen LogP contribution is -2.43. The minimum Gasteiger partial charge on any atom is -0.468 e. The van der Waals surface area contributed by atoms with Crippen LogP contribution in [-0.2, 0) is 30.2 Å². The fraction of sp³-hybridized carbons (Fsp3) is 0.300. The van der Waals surface area contributed by atoms with Crippen LogP contribution in [0.2, 0.25) is 0 Å². The van der Waals surface area contributed by atoms with E-state index in [0.29, 0.717) is 20.5 Å². The molecule has 0 fully saturated rings. The molecule has 0 radical (unpaired) electrons. The number of ether oxygens (including phenoxy) is 3. The summed E-state index contributed by atoms with van der Waals surface area (Å²) in [6, 6.07) is 4.70. The highest BCUT2D eigenvalue weighted by atomic mass is 32.1. The summed E-state index contributed by atoms with van der Waals surface area (Å²) in [5.41, 5.74) is -1.26. The molecule has 0 amide bonds. The molecular weight excluding hydrogens is 384 g/mol. The van der Waals surface area contributed by atoms with E-state index in [-0.39, 0.29) is 24.0 Å². The molecule has 1 heterocycles. The fourth-order valence-electron chi connectivity index (χ4n) is 3.14. The van der Waals surface area contributed by atoms with Crippen molar-refractivity contribution >= 4 is 45.4 Å². The van der Waals surface area contributed by atoms with Crippen LogP contribution in [0.5, 0.6) is 0 Å². The Balaban J connectivity index is 2.17. The zero-order valence-electron chi connectivity index (χ0n) is 15.6. The topological polar surface area (TPSA) is 96.0 Å². The lowest BCUT2D eigenvalue weighted by molar-refractivity contribution is -0.166. The molecule has 0 saturated heterocycles. The smallest absolute Gasteiger partial charge is 0.337 e. The van der Waals surface area contributed by atoms with E-state index in [9.17, 15) is 19.2 Å². The van der Waals surface area contributed by atoms with Gasteiger partial charge in [0.1, 0.15) is 0 Å². The van der Waals surface area contributed by atoms with Gasteiger partial charge in [0.2, 0.25) is 0 Å². The van der Waals surface area contributed by atoms with E-state index in [1.54, 1.807) is 19.1 Å². The van der Waals surface area contributed by atoms with E-state index in [2.05, 4.69) is 0 Å². The van der Waals surface area contributed by atoms with E-state index >= 15 is 0 Å². The van der Waals surface area contributed by atoms with Crippen molar-refractivity contribution in [3.05, 3.63) is 50.5 Å². The number of hydrogen-bond acceptors (Lipinski definition) is 8. The number of carbonyl (C=O) groups is 3. The minimum atomic E-state index is -1.62. The van der Waals surface area contributed by atoms with Crippen LogP contribution in [-0.4, -0.2) is 38.7 Å². The van der Waals surface area contributed by atoms with Crippen molar-refractivity contribution in [1.82, 2.24) is 0 Å². The van der Waals surface area contributed by atoms with Crippen molar-refractivity contribution < 1.29 is 28.6 Å². The van der Waals surface area contributed by atoms with Gasteiger partial charge in [-0.15, -0.1) is 11.3 Å². The van der Waals surface area contributed by atoms with Crippen LogP contribution >= 0.6 is 11.3 Å². The number of benzene rings is 1. The lowest BCUT2D eigenvalue weighted by Gasteiger charge is -2.28. The molecule has 2 aromatic rings. The lowest BCUT2D eigenvalue weighted by atomic mass is 9.79. The molecule has 146 valence electrons. The van der Waals surface area contributed by atoms with Crippen molar-refractivity contribution in [3.8, 4) is 0 Å². The van der Waals surface area contributed by atoms with Crippen LogP contribution in [0.4, 0.5) is 0 Å². The van der Waals surface area contributed by atoms with E-state index in [4.69, 9.17) is 14.2 Å². The van der Waals surface area contributed by atoms with Crippen molar-refractivity contribution in [2.24, 2.45) is 5.41 Å². The quantitative estimate of drug-likeness (QED) is 0.440. The van der Waals surface area contributed by atoms with Gasteiger partial charge in [0.25, 0.3) is 0 Å². The summed E-state index contributed by atoms with van der Waals surface area (Å²) < 4.78 is 15.2. The molecule has 1 aliphatic rings. The molecule has 8 heteroatoms. The summed E-state index contributed by atoms with van der Waals surface area (Å²) in [7, 11) is 2.47. The Kier molecular flexibility index (Phi) is 5.33. The molecule has 0 bridgehead atoms. The first kappa shape index (κ1) is 19.8. The van der Waals surface area contributed by atoms with Gasteiger partial charge in [0.05, 0.1) is 26.4 Å². The molecule has 1 aromatic heterocycles. The number of methoxy groups -OCH3 is 2. The van der Waals surface area contributed by atoms with Crippen molar-refractivity contribution in [2.45, 2.75) is 13.3 Å². The fourth-order valence-corrected chi connectivity index (χ4v) is 4.38. The van der Waals surface area contributed by atoms with Gasteiger partial charge >= 0.3 is 17.9 Å². The number of fused-ring (bicyclic) bond motifs is 2. The maximum atomic E-state index is 13.0. The molecule has 0 aliphatic heterocycles. The Morgan fingerprint density at radius 3 is 2.54 bits per heavy atom. The van der Waals surface area contributed by atoms with E-state index < -0.39 is 23.3 Å². The third-order valence-corrected chi connectivity index (χ3v) is 5.77. The van der Waals surface area contributed by atoms with Gasteiger partial charge in [-0.25, -0.2) is 4.79 Å². The molecule has 28 heavy (non-hydrogen) atoms. The van der Waals surface area contributed by atoms with E-state index in [1.807, 2.05) is 0 Å². The van der Waals surface area contributed by atoms with Gasteiger partial charge in [-0.05, 0) is 25.1 Å². The predicted octanol–water partition coefficient (Wildman–Crippen LogP) is 2.34. The van der Waals surface area contributed by atoms with Gasteiger partial charge in [-0.1, -0.05) is 12.2 Å². The second-order valence-corrected chi connectivity index (χ2v) is 7.30. The van der Waals surface area contributed by atoms with Crippen molar-refractivity contribution in [1.29, 1.82) is 0 Å². The summed E-state index contributed by atoms with van der Waals surface area (Å²) in [5.74, 6) is -2.00. The molecule has 1 atom stereocenters. The second-order valence-electron chi connectivity index (χ2n) is 6.16. The Bertz CT molecular complexity index is 1070. The standard InChI is InChI=1S/C20H18O7S/c1-4-27-19(24)20(18(23)26-3)8-7-12-15(10-20)28-14-6-5-11(17(22)25-2)9-13(14)16(12)21/h5-9H,4,10H2,1-3H3. The van der Waals surface area contributed by atoms with Crippen LogP contribution in [0.1, 0.15) is 27.7 Å². The highest BCUT2D eigenvalue weighted by Gasteiger charge is 2.49. The average Bonchev–Trinajstić information content (AvgIpc) is 2.72. The molecule has 1 aromatic carbocycles. The van der Waals surface area contributed by atoms with Crippen LogP contribution in [0.15, 0.2) is 29.1 Å². The zero-order valence-corrected chi connectivity index (χ0v) is 16.4. The van der Waals surface area contributed by atoms with Gasteiger partial charge in [-0.2, -0.15) is 0 Å². The van der Waals surface area contributed by atoms with Gasteiger partial charge in [0.15, 0.2) is 10.8 Å². The van der Waals surface area contributed by atoms with Crippen molar-refractivity contribution in [3.63, 3.8) is 0 Å². The maximum absolute atomic E-state index is 13.0. The van der Waals surface area contributed by atoms with Gasteiger partial charge in [0, 0.05) is 26.9 Å². The molecule has 1 unspecified atom stereocenters. The molecular formula is C20H18O7S. The van der Waals surface area contributed by atoms with Crippen LogP contribution in [0, 0.1) is 5.41 Å². The highest BCUT2D eigenvalue weighted by molar-refractivity contribution is 7.18. The normalized spacial score (nSPS) is 17.7. The number of esters is 3. The molecule has 7 nitrogen and oxygen atoms in total. The molecule has 0 saturated carbocycles. The Hall–Kier alpha value is -3.00. The number of carbonyl (C=O) groups excluding carboxylic acids is 3. The highest BCUT2D eigenvalue weighted by Crippen LogP contribution is 2.38. The first-order valence-corrected chi connectivity index (χ1v) is 9.32. The van der Waals surface area contributed by atoms with Crippen LogP contribution in [0.3, 0.4) is 0 Å². The first-order chi connectivity index (χ1) is 13.4. The van der Waals surface area contributed by atoms with Crippen molar-refractivity contribution in [2.75, 3.05) is 20.8 Å². The summed E-state index contributed by atoms with van der Waals surface area (Å²) in [5, 5.41) is 0.373. The van der Waals surface area contributed by atoms with Crippen LogP contribution < -0.4 is 5.43 Å². The third-order valence-electron chi connectivity index (χ3n) is 4.59. The Morgan fingerprint density at radius 1 is 1.14 bits per heavy atom. The zero-order chi connectivity index (χ0) is 20.5. The molecule has 0 spiro atoms. The Labute approximate surface area is 164 Å². The number of rotatable bonds is 4. The monoisotopic (exact) mass is 402 g/mol. The third kappa shape index (κ3) is 3.09. The van der Waals surface area contributed by atoms with Gasteiger partial charge in [-0.3, -0.25) is 14.4 Å². The van der Waals surface area contributed by atoms with E-state index in [1.165, 1.54) is 43.8 Å². The largest absolute Gasteiger partial charge is 0.468 e. The molecule has 0 N–H and O–H groups in total. The molecule has 3 rings (SSSR count). The minimum absolute atomic E-state index is 0.0288. The summed E-state index contributed by atoms with van der Waals surface area (Å²) in [6.07, 6.45) is 2.79. The average molecular weight is 402 g/mol. The van der Waals surface area contributed by atoms with Crippen LogP contribution in [0.25, 0.3) is 16.2 Å². The summed E-state index contributed by atoms with van der Waals surface area (Å²) >= 11 is 1.28. The summed E-state index contributed by atoms with van der Waals surface area (Å²) in [6.45, 7) is 1.76. The van der Waals surface area contributed by atoms with E-state index in [0.717, 1.165) is 0 Å². The summed E-state index contributed by atoms with van der Waals surface area (Å²) in [4.78, 5) is 50.2. The number of hydrogen-bond donors (Lipinski definition) is 0.